The van der Waals surface area contributed by atoms with Crippen LogP contribution >= 0.6 is 11.6 Å². The molecular formula is C22H23ClN2O5. The molecule has 0 saturated heterocycles. The third-order valence-electron chi connectivity index (χ3n) is 4.72. The Morgan fingerprint density at radius 2 is 1.80 bits per heavy atom. The Labute approximate surface area is 180 Å². The molecule has 0 unspecified atom stereocenters. The van der Waals surface area contributed by atoms with Crippen LogP contribution in [0.1, 0.15) is 18.5 Å². The molecule has 0 aliphatic carbocycles. The first kappa shape index (κ1) is 21.5. The number of urea groups is 1. The van der Waals surface area contributed by atoms with Gasteiger partial charge in [-0.3, -0.25) is 4.90 Å². The summed E-state index contributed by atoms with van der Waals surface area (Å²) in [6, 6.07) is 13.0. The fourth-order valence-electron chi connectivity index (χ4n) is 3.23. The summed E-state index contributed by atoms with van der Waals surface area (Å²) < 4.78 is 16.6. The summed E-state index contributed by atoms with van der Waals surface area (Å²) in [5.74, 6) is 0.446. The van der Waals surface area contributed by atoms with Crippen molar-refractivity contribution in [2.45, 2.75) is 13.0 Å². The summed E-state index contributed by atoms with van der Waals surface area (Å²) in [5, 5.41) is 3.28. The van der Waals surface area contributed by atoms with Crippen LogP contribution in [0, 0.1) is 0 Å². The lowest BCUT2D eigenvalue weighted by Gasteiger charge is -2.34. The number of methoxy groups -OCH3 is 1. The Bertz CT molecular complexity index is 976. The van der Waals surface area contributed by atoms with Crippen LogP contribution in [-0.2, 0) is 9.53 Å². The molecule has 2 aromatic carbocycles. The summed E-state index contributed by atoms with van der Waals surface area (Å²) in [6.07, 6.45) is 0. The molecule has 1 heterocycles. The highest BCUT2D eigenvalue weighted by Gasteiger charge is 2.38. The van der Waals surface area contributed by atoms with E-state index in [2.05, 4.69) is 5.32 Å². The topological polar surface area (TPSA) is 77.1 Å². The average molecular weight is 431 g/mol. The van der Waals surface area contributed by atoms with Gasteiger partial charge in [0.05, 0.1) is 36.1 Å². The monoisotopic (exact) mass is 430 g/mol. The highest BCUT2D eigenvalue weighted by Crippen LogP contribution is 2.36. The molecule has 1 atom stereocenters. The highest BCUT2D eigenvalue weighted by molar-refractivity contribution is 6.32. The van der Waals surface area contributed by atoms with Gasteiger partial charge in [-0.25, -0.2) is 9.59 Å². The molecule has 7 nitrogen and oxygen atoms in total. The van der Waals surface area contributed by atoms with Crippen LogP contribution in [0.5, 0.6) is 11.5 Å². The first-order chi connectivity index (χ1) is 14.5. The predicted molar refractivity (Wildman–Crippen MR) is 113 cm³/mol. The van der Waals surface area contributed by atoms with Crippen molar-refractivity contribution in [3.63, 3.8) is 0 Å². The molecule has 0 aromatic heterocycles. The van der Waals surface area contributed by atoms with Gasteiger partial charge in [0.1, 0.15) is 18.1 Å². The first-order valence-corrected chi connectivity index (χ1v) is 9.80. The van der Waals surface area contributed by atoms with E-state index in [-0.39, 0.29) is 24.8 Å². The molecule has 8 heteroatoms. The van der Waals surface area contributed by atoms with Crippen molar-refractivity contribution in [1.82, 2.24) is 10.2 Å². The summed E-state index contributed by atoms with van der Waals surface area (Å²) in [7, 11) is 3.10. The van der Waals surface area contributed by atoms with Crippen LogP contribution in [0.25, 0.3) is 0 Å². The maximum atomic E-state index is 12.9. The van der Waals surface area contributed by atoms with E-state index in [9.17, 15) is 9.59 Å². The van der Waals surface area contributed by atoms with Gasteiger partial charge in [-0.15, -0.1) is 0 Å². The van der Waals surface area contributed by atoms with Gasteiger partial charge in [-0.2, -0.15) is 0 Å². The standard InChI is InChI=1S/C22H23ClN2O5/c1-4-29-21(26)19-16(13-30-18-12-8-6-10-15(18)23)25(2)22(27)24-20(19)14-9-5-7-11-17(14)28-3/h5-12,20H,4,13H2,1-3H3,(H,24,27)/t20-/m1/s1. The lowest BCUT2D eigenvalue weighted by atomic mass is 9.94. The minimum atomic E-state index is -0.756. The van der Waals surface area contributed by atoms with Crippen LogP contribution in [0.2, 0.25) is 5.02 Å². The fourth-order valence-corrected chi connectivity index (χ4v) is 3.42. The van der Waals surface area contributed by atoms with E-state index in [0.717, 1.165) is 0 Å². The van der Waals surface area contributed by atoms with Gasteiger partial charge in [-0.05, 0) is 25.1 Å². The number of ether oxygens (including phenoxy) is 3. The van der Waals surface area contributed by atoms with Crippen LogP contribution in [0.3, 0.4) is 0 Å². The quantitative estimate of drug-likeness (QED) is 0.673. The van der Waals surface area contributed by atoms with Crippen LogP contribution < -0.4 is 14.8 Å². The fraction of sp³-hybridized carbons (Fsp3) is 0.273. The van der Waals surface area contributed by atoms with Gasteiger partial charge < -0.3 is 19.5 Å². The number of likely N-dealkylation sites (N-methyl/N-ethyl adjacent to an activating group) is 1. The smallest absolute Gasteiger partial charge is 0.338 e. The third kappa shape index (κ3) is 4.36. The van der Waals surface area contributed by atoms with E-state index >= 15 is 0 Å². The largest absolute Gasteiger partial charge is 0.496 e. The molecular weight excluding hydrogens is 408 g/mol. The van der Waals surface area contributed by atoms with Crippen molar-refractivity contribution in [3.05, 3.63) is 70.4 Å². The Morgan fingerprint density at radius 1 is 1.13 bits per heavy atom. The van der Waals surface area contributed by atoms with Gasteiger partial charge in [-0.1, -0.05) is 41.9 Å². The molecule has 158 valence electrons. The van der Waals surface area contributed by atoms with E-state index < -0.39 is 12.0 Å². The number of esters is 1. The number of nitrogens with zero attached hydrogens (tertiary/aromatic N) is 1. The summed E-state index contributed by atoms with van der Waals surface area (Å²) >= 11 is 6.18. The Morgan fingerprint density at radius 3 is 2.47 bits per heavy atom. The highest BCUT2D eigenvalue weighted by atomic mass is 35.5. The summed E-state index contributed by atoms with van der Waals surface area (Å²) in [5.41, 5.74) is 1.29. The molecule has 30 heavy (non-hydrogen) atoms. The number of carbonyl (C=O) groups excluding carboxylic acids is 2. The molecule has 0 fully saturated rings. The molecule has 1 aliphatic heterocycles. The zero-order valence-electron chi connectivity index (χ0n) is 17.0. The van der Waals surface area contributed by atoms with Gasteiger partial charge in [0.25, 0.3) is 0 Å². The molecule has 3 rings (SSSR count). The molecule has 0 bridgehead atoms. The minimum absolute atomic E-state index is 0.0482. The number of carbonyl (C=O) groups is 2. The zero-order chi connectivity index (χ0) is 21.7. The first-order valence-electron chi connectivity index (χ1n) is 9.42. The summed E-state index contributed by atoms with van der Waals surface area (Å²) in [6.45, 7) is 1.87. The van der Waals surface area contributed by atoms with Crippen molar-refractivity contribution in [3.8, 4) is 11.5 Å². The molecule has 1 N–H and O–H groups in total. The van der Waals surface area contributed by atoms with E-state index in [1.165, 1.54) is 12.0 Å². The van der Waals surface area contributed by atoms with Crippen molar-refractivity contribution < 1.29 is 23.8 Å². The Balaban J connectivity index is 2.08. The molecule has 1 aliphatic rings. The van der Waals surface area contributed by atoms with Crippen molar-refractivity contribution in [2.24, 2.45) is 0 Å². The number of halogens is 1. The van der Waals surface area contributed by atoms with E-state index in [0.29, 0.717) is 27.8 Å². The van der Waals surface area contributed by atoms with Gasteiger partial charge in [0, 0.05) is 12.6 Å². The number of hydrogen-bond acceptors (Lipinski definition) is 5. The third-order valence-corrected chi connectivity index (χ3v) is 5.04. The van der Waals surface area contributed by atoms with Crippen molar-refractivity contribution in [2.75, 3.05) is 27.4 Å². The number of hydrogen-bond donors (Lipinski definition) is 1. The van der Waals surface area contributed by atoms with Gasteiger partial charge in [0.2, 0.25) is 0 Å². The van der Waals surface area contributed by atoms with E-state index in [1.54, 1.807) is 50.4 Å². The number of para-hydroxylation sites is 2. The van der Waals surface area contributed by atoms with Crippen LogP contribution in [0.15, 0.2) is 59.8 Å². The predicted octanol–water partition coefficient (Wildman–Crippen LogP) is 3.94. The maximum absolute atomic E-state index is 12.9. The second kappa shape index (κ2) is 9.54. The lowest BCUT2D eigenvalue weighted by molar-refractivity contribution is -0.139. The lowest BCUT2D eigenvalue weighted by Crippen LogP contribution is -2.48. The van der Waals surface area contributed by atoms with E-state index in [1.807, 2.05) is 12.1 Å². The SMILES string of the molecule is CCOC(=O)C1=C(COc2ccccc2Cl)N(C)C(=O)N[C@@H]1c1ccccc1OC. The Hall–Kier alpha value is -3.19. The number of amides is 2. The number of benzene rings is 2. The van der Waals surface area contributed by atoms with Crippen molar-refractivity contribution >= 4 is 23.6 Å². The van der Waals surface area contributed by atoms with Gasteiger partial charge >= 0.3 is 12.0 Å². The molecule has 2 aromatic rings. The average Bonchev–Trinajstić information content (AvgIpc) is 2.75. The molecule has 0 saturated carbocycles. The molecule has 0 radical (unpaired) electrons. The summed E-state index contributed by atoms with van der Waals surface area (Å²) in [4.78, 5) is 27.0. The second-order valence-corrected chi connectivity index (χ2v) is 6.89. The second-order valence-electron chi connectivity index (χ2n) is 6.48. The normalized spacial score (nSPS) is 16.2. The van der Waals surface area contributed by atoms with E-state index in [4.69, 9.17) is 25.8 Å². The number of rotatable bonds is 7. The molecule has 2 amide bonds. The van der Waals surface area contributed by atoms with Crippen LogP contribution in [-0.4, -0.2) is 44.3 Å². The van der Waals surface area contributed by atoms with Gasteiger partial charge in [0.15, 0.2) is 0 Å². The Kier molecular flexibility index (Phi) is 6.84. The minimum Gasteiger partial charge on any atom is -0.496 e. The molecule has 0 spiro atoms. The van der Waals surface area contributed by atoms with Crippen molar-refractivity contribution in [1.29, 1.82) is 0 Å². The maximum Gasteiger partial charge on any atom is 0.338 e. The zero-order valence-corrected chi connectivity index (χ0v) is 17.7. The number of nitrogens with one attached hydrogen (secondary N) is 1. The van der Waals surface area contributed by atoms with Crippen LogP contribution in [0.4, 0.5) is 4.79 Å².